The van der Waals surface area contributed by atoms with Gasteiger partial charge in [0.1, 0.15) is 6.04 Å². The van der Waals surface area contributed by atoms with Crippen LogP contribution in [0.2, 0.25) is 0 Å². The van der Waals surface area contributed by atoms with Crippen LogP contribution in [-0.4, -0.2) is 53.6 Å². The van der Waals surface area contributed by atoms with Crippen molar-refractivity contribution in [3.63, 3.8) is 0 Å². The molecule has 0 unspecified atom stereocenters. The molecule has 1 fully saturated rings. The van der Waals surface area contributed by atoms with Gasteiger partial charge in [-0.15, -0.1) is 0 Å². The molecule has 1 atom stereocenters. The number of rotatable bonds is 3. The molecule has 1 aliphatic heterocycles. The Balaban J connectivity index is 2.06. The van der Waals surface area contributed by atoms with Crippen molar-refractivity contribution in [2.24, 2.45) is 0 Å². The fraction of sp³-hybridized carbons (Fsp3) is 0.462. The third-order valence-electron chi connectivity index (χ3n) is 3.21. The molecular weight excluding hydrogens is 216 g/mol. The minimum Gasteiger partial charge on any atom is -0.480 e. The Morgan fingerprint density at radius 2 is 2.06 bits per heavy atom. The number of aliphatic carboxylic acids is 1. The van der Waals surface area contributed by atoms with Crippen LogP contribution in [-0.2, 0) is 11.3 Å². The number of carboxylic acid groups (broad SMARTS) is 1. The third-order valence-corrected chi connectivity index (χ3v) is 3.21. The van der Waals surface area contributed by atoms with Crippen LogP contribution >= 0.6 is 0 Å². The van der Waals surface area contributed by atoms with Gasteiger partial charge < -0.3 is 10.0 Å². The molecule has 0 bridgehead atoms. The van der Waals surface area contributed by atoms with Crippen molar-refractivity contribution in [1.82, 2.24) is 9.80 Å². The van der Waals surface area contributed by atoms with E-state index in [1.54, 1.807) is 0 Å². The van der Waals surface area contributed by atoms with E-state index < -0.39 is 12.0 Å². The first kappa shape index (κ1) is 12.1. The maximum Gasteiger partial charge on any atom is 0.322 e. The molecule has 2 rings (SSSR count). The van der Waals surface area contributed by atoms with Gasteiger partial charge in [0, 0.05) is 26.2 Å². The lowest BCUT2D eigenvalue weighted by Crippen LogP contribution is -2.54. The van der Waals surface area contributed by atoms with Crippen LogP contribution in [0.5, 0.6) is 0 Å². The maximum absolute atomic E-state index is 11.2. The molecule has 0 saturated carbocycles. The normalized spacial score (nSPS) is 22.5. The minimum absolute atomic E-state index is 0.394. The molecule has 1 heterocycles. The van der Waals surface area contributed by atoms with E-state index in [1.165, 1.54) is 5.56 Å². The number of hydrogen-bond acceptors (Lipinski definition) is 3. The summed E-state index contributed by atoms with van der Waals surface area (Å²) in [5.74, 6) is -0.729. The van der Waals surface area contributed by atoms with Gasteiger partial charge in [-0.3, -0.25) is 9.69 Å². The average molecular weight is 234 g/mol. The standard InChI is InChI=1S/C13H18N2O2/c1-14-7-8-15(12(10-14)13(16)17)9-11-5-3-2-4-6-11/h2-6,12H,7-10H2,1H3,(H,16,17)/t12-/m1/s1. The van der Waals surface area contributed by atoms with E-state index in [9.17, 15) is 9.90 Å². The second-order valence-electron chi connectivity index (χ2n) is 4.57. The number of hydrogen-bond donors (Lipinski definition) is 1. The highest BCUT2D eigenvalue weighted by molar-refractivity contribution is 5.74. The highest BCUT2D eigenvalue weighted by Gasteiger charge is 2.30. The number of piperazine rings is 1. The first-order valence-electron chi connectivity index (χ1n) is 5.86. The molecule has 1 saturated heterocycles. The molecule has 0 aromatic heterocycles. The van der Waals surface area contributed by atoms with E-state index in [0.717, 1.165) is 13.1 Å². The summed E-state index contributed by atoms with van der Waals surface area (Å²) in [6.07, 6.45) is 0. The summed E-state index contributed by atoms with van der Waals surface area (Å²) in [4.78, 5) is 15.3. The molecule has 0 radical (unpaired) electrons. The predicted molar refractivity (Wildman–Crippen MR) is 65.8 cm³/mol. The first-order valence-corrected chi connectivity index (χ1v) is 5.86. The number of likely N-dealkylation sites (N-methyl/N-ethyl adjacent to an activating group) is 1. The highest BCUT2D eigenvalue weighted by atomic mass is 16.4. The lowest BCUT2D eigenvalue weighted by molar-refractivity contribution is -0.145. The van der Waals surface area contributed by atoms with E-state index in [2.05, 4.69) is 4.90 Å². The van der Waals surface area contributed by atoms with Gasteiger partial charge in [0.25, 0.3) is 0 Å². The number of benzene rings is 1. The lowest BCUT2D eigenvalue weighted by Gasteiger charge is -2.37. The Bertz CT molecular complexity index is 380. The molecule has 1 N–H and O–H groups in total. The van der Waals surface area contributed by atoms with Gasteiger partial charge in [0.2, 0.25) is 0 Å². The SMILES string of the molecule is CN1CCN(Cc2ccccc2)[C@@H](C(=O)O)C1. The van der Waals surface area contributed by atoms with Gasteiger partial charge in [-0.2, -0.15) is 0 Å². The fourth-order valence-electron chi connectivity index (χ4n) is 2.20. The minimum atomic E-state index is -0.729. The summed E-state index contributed by atoms with van der Waals surface area (Å²) >= 11 is 0. The zero-order valence-electron chi connectivity index (χ0n) is 10.0. The Kier molecular flexibility index (Phi) is 3.76. The van der Waals surface area contributed by atoms with Crippen molar-refractivity contribution in [3.05, 3.63) is 35.9 Å². The summed E-state index contributed by atoms with van der Waals surface area (Å²) in [7, 11) is 1.97. The summed E-state index contributed by atoms with van der Waals surface area (Å²) in [5, 5.41) is 9.24. The molecule has 1 aromatic rings. The topological polar surface area (TPSA) is 43.8 Å². The molecule has 1 aliphatic rings. The summed E-state index contributed by atoms with van der Waals surface area (Å²) in [6, 6.07) is 9.63. The van der Waals surface area contributed by atoms with Crippen LogP contribution < -0.4 is 0 Å². The van der Waals surface area contributed by atoms with Crippen molar-refractivity contribution in [1.29, 1.82) is 0 Å². The molecule has 4 heteroatoms. The summed E-state index contributed by atoms with van der Waals surface area (Å²) in [5.41, 5.74) is 1.17. The van der Waals surface area contributed by atoms with Gasteiger partial charge >= 0.3 is 5.97 Å². The molecule has 4 nitrogen and oxygen atoms in total. The largest absolute Gasteiger partial charge is 0.480 e. The Morgan fingerprint density at radius 1 is 1.35 bits per heavy atom. The number of nitrogens with zero attached hydrogens (tertiary/aromatic N) is 2. The smallest absolute Gasteiger partial charge is 0.322 e. The van der Waals surface area contributed by atoms with E-state index in [-0.39, 0.29) is 0 Å². The number of carbonyl (C=O) groups is 1. The second-order valence-corrected chi connectivity index (χ2v) is 4.57. The van der Waals surface area contributed by atoms with Crippen LogP contribution in [0, 0.1) is 0 Å². The van der Waals surface area contributed by atoms with Gasteiger partial charge in [0.15, 0.2) is 0 Å². The fourth-order valence-corrected chi connectivity index (χ4v) is 2.20. The summed E-state index contributed by atoms with van der Waals surface area (Å²) < 4.78 is 0. The van der Waals surface area contributed by atoms with Crippen molar-refractivity contribution >= 4 is 5.97 Å². The monoisotopic (exact) mass is 234 g/mol. The van der Waals surface area contributed by atoms with Crippen molar-refractivity contribution in [2.45, 2.75) is 12.6 Å². The molecule has 0 aliphatic carbocycles. The average Bonchev–Trinajstić information content (AvgIpc) is 2.32. The second kappa shape index (κ2) is 5.29. The van der Waals surface area contributed by atoms with E-state index in [0.29, 0.717) is 13.1 Å². The highest BCUT2D eigenvalue weighted by Crippen LogP contribution is 2.13. The zero-order valence-corrected chi connectivity index (χ0v) is 10.0. The lowest BCUT2D eigenvalue weighted by atomic mass is 10.1. The zero-order chi connectivity index (χ0) is 12.3. The van der Waals surface area contributed by atoms with Gasteiger partial charge in [-0.1, -0.05) is 30.3 Å². The van der Waals surface area contributed by atoms with Crippen LogP contribution in [0.4, 0.5) is 0 Å². The third kappa shape index (κ3) is 3.05. The Morgan fingerprint density at radius 3 is 2.71 bits per heavy atom. The molecular formula is C13H18N2O2. The summed E-state index contributed by atoms with van der Waals surface area (Å²) in [6.45, 7) is 3.05. The van der Waals surface area contributed by atoms with Gasteiger partial charge in [-0.25, -0.2) is 0 Å². The molecule has 1 aromatic carbocycles. The van der Waals surface area contributed by atoms with E-state index in [1.807, 2.05) is 42.3 Å². The molecule has 17 heavy (non-hydrogen) atoms. The molecule has 0 spiro atoms. The Labute approximate surface area is 101 Å². The van der Waals surface area contributed by atoms with Crippen molar-refractivity contribution in [2.75, 3.05) is 26.7 Å². The van der Waals surface area contributed by atoms with E-state index >= 15 is 0 Å². The van der Waals surface area contributed by atoms with Gasteiger partial charge in [-0.05, 0) is 12.6 Å². The predicted octanol–water partition coefficient (Wildman–Crippen LogP) is 0.887. The van der Waals surface area contributed by atoms with E-state index in [4.69, 9.17) is 0 Å². The van der Waals surface area contributed by atoms with Crippen LogP contribution in [0.1, 0.15) is 5.56 Å². The van der Waals surface area contributed by atoms with Gasteiger partial charge in [0.05, 0.1) is 0 Å². The van der Waals surface area contributed by atoms with Crippen molar-refractivity contribution < 1.29 is 9.90 Å². The number of carboxylic acids is 1. The quantitative estimate of drug-likeness (QED) is 0.843. The van der Waals surface area contributed by atoms with Crippen LogP contribution in [0.15, 0.2) is 30.3 Å². The molecule has 0 amide bonds. The van der Waals surface area contributed by atoms with Crippen LogP contribution in [0.25, 0.3) is 0 Å². The van der Waals surface area contributed by atoms with Crippen LogP contribution in [0.3, 0.4) is 0 Å². The maximum atomic E-state index is 11.2. The molecule has 92 valence electrons. The van der Waals surface area contributed by atoms with Crippen molar-refractivity contribution in [3.8, 4) is 0 Å². The Hall–Kier alpha value is -1.39. The first-order chi connectivity index (χ1) is 8.16.